The van der Waals surface area contributed by atoms with Crippen molar-refractivity contribution in [1.29, 1.82) is 0 Å². The summed E-state index contributed by atoms with van der Waals surface area (Å²) in [6.07, 6.45) is 5.30. The van der Waals surface area contributed by atoms with Gasteiger partial charge in [-0.05, 0) is 25.5 Å². The van der Waals surface area contributed by atoms with E-state index in [2.05, 4.69) is 13.8 Å². The minimum Gasteiger partial charge on any atom is -0.469 e. The van der Waals surface area contributed by atoms with Crippen LogP contribution in [0, 0.1) is 6.92 Å². The Morgan fingerprint density at radius 1 is 1.64 bits per heavy atom. The molecule has 0 N–H and O–H groups in total. The van der Waals surface area contributed by atoms with Gasteiger partial charge in [0.2, 0.25) is 0 Å². The first-order chi connectivity index (χ1) is 5.34. The molecule has 1 atom stereocenters. The third-order valence-electron chi connectivity index (χ3n) is 1.85. The predicted molar refractivity (Wildman–Crippen MR) is 46.3 cm³/mol. The molecular formula is C10H15O. The minimum absolute atomic E-state index is 0.338. The van der Waals surface area contributed by atoms with E-state index in [9.17, 15) is 0 Å². The first kappa shape index (κ1) is 8.38. The van der Waals surface area contributed by atoms with Crippen molar-refractivity contribution in [3.05, 3.63) is 31.1 Å². The molecule has 0 aliphatic carbocycles. The van der Waals surface area contributed by atoms with E-state index in [0.717, 1.165) is 12.2 Å². The van der Waals surface area contributed by atoms with Crippen LogP contribution in [-0.2, 0) is 0 Å². The van der Waals surface area contributed by atoms with Gasteiger partial charge in [-0.25, -0.2) is 0 Å². The molecule has 1 rings (SSSR count). The molecule has 0 amide bonds. The second-order valence-corrected chi connectivity index (χ2v) is 2.85. The molecule has 0 aliphatic rings. The lowest BCUT2D eigenvalue weighted by Gasteiger charge is -2.05. The van der Waals surface area contributed by atoms with Crippen molar-refractivity contribution in [1.82, 2.24) is 0 Å². The molecule has 0 bridgehead atoms. The predicted octanol–water partition coefficient (Wildman–Crippen LogP) is 3.39. The van der Waals surface area contributed by atoms with Gasteiger partial charge in [-0.15, -0.1) is 0 Å². The Balaban J connectivity index is 2.36. The van der Waals surface area contributed by atoms with Crippen molar-refractivity contribution in [3.8, 4) is 0 Å². The van der Waals surface area contributed by atoms with Crippen LogP contribution in [0.25, 0.3) is 0 Å². The number of furan rings is 1. The molecule has 0 aromatic carbocycles. The third kappa shape index (κ3) is 2.41. The maximum absolute atomic E-state index is 5.23. The molecule has 1 unspecified atom stereocenters. The molecule has 1 nitrogen and oxygen atoms in total. The first-order valence-electron chi connectivity index (χ1n) is 4.21. The van der Waals surface area contributed by atoms with Gasteiger partial charge in [0.05, 0.1) is 6.26 Å². The van der Waals surface area contributed by atoms with Gasteiger partial charge in [0.1, 0.15) is 5.76 Å². The van der Waals surface area contributed by atoms with E-state index in [-0.39, 0.29) is 0 Å². The average molecular weight is 151 g/mol. The van der Waals surface area contributed by atoms with Gasteiger partial charge < -0.3 is 4.42 Å². The maximum atomic E-state index is 5.23. The number of hydrogen-bond acceptors (Lipinski definition) is 1. The molecule has 1 radical (unpaired) electrons. The van der Waals surface area contributed by atoms with Crippen molar-refractivity contribution >= 4 is 0 Å². The Kier molecular flexibility index (Phi) is 3.21. The number of unbranched alkanes of at least 4 members (excludes halogenated alkanes) is 1. The van der Waals surface area contributed by atoms with Crippen LogP contribution in [-0.4, -0.2) is 0 Å². The van der Waals surface area contributed by atoms with Gasteiger partial charge in [0.25, 0.3) is 0 Å². The van der Waals surface area contributed by atoms with Crippen molar-refractivity contribution in [2.75, 3.05) is 0 Å². The van der Waals surface area contributed by atoms with E-state index < -0.39 is 0 Å². The fraction of sp³-hybridized carbons (Fsp3) is 0.500. The smallest absolute Gasteiger partial charge is 0.106 e. The summed E-state index contributed by atoms with van der Waals surface area (Å²) in [4.78, 5) is 0. The van der Waals surface area contributed by atoms with E-state index >= 15 is 0 Å². The fourth-order valence-corrected chi connectivity index (χ4v) is 1.12. The highest BCUT2D eigenvalue weighted by Gasteiger charge is 2.06. The van der Waals surface area contributed by atoms with Crippen LogP contribution in [0.15, 0.2) is 22.8 Å². The quantitative estimate of drug-likeness (QED) is 0.643. The maximum Gasteiger partial charge on any atom is 0.106 e. The molecule has 0 aliphatic heterocycles. The molecule has 1 heterocycles. The van der Waals surface area contributed by atoms with Crippen molar-refractivity contribution < 1.29 is 4.42 Å². The van der Waals surface area contributed by atoms with E-state index in [1.54, 1.807) is 6.26 Å². The van der Waals surface area contributed by atoms with Crippen LogP contribution in [0.5, 0.6) is 0 Å². The van der Waals surface area contributed by atoms with Crippen molar-refractivity contribution in [2.45, 2.75) is 32.1 Å². The topological polar surface area (TPSA) is 13.1 Å². The molecule has 11 heavy (non-hydrogen) atoms. The largest absolute Gasteiger partial charge is 0.469 e. The summed E-state index contributed by atoms with van der Waals surface area (Å²) < 4.78 is 5.23. The molecule has 61 valence electrons. The van der Waals surface area contributed by atoms with Gasteiger partial charge >= 0.3 is 0 Å². The zero-order chi connectivity index (χ0) is 8.10. The lowest BCUT2D eigenvalue weighted by atomic mass is 10.0. The molecule has 0 saturated carbocycles. The molecule has 1 aromatic heterocycles. The Labute approximate surface area is 68.4 Å². The minimum atomic E-state index is 0.338. The lowest BCUT2D eigenvalue weighted by molar-refractivity contribution is 0.471. The fourth-order valence-electron chi connectivity index (χ4n) is 1.12. The van der Waals surface area contributed by atoms with E-state index in [1.807, 2.05) is 12.1 Å². The summed E-state index contributed by atoms with van der Waals surface area (Å²) in [7, 11) is 0. The van der Waals surface area contributed by atoms with Crippen molar-refractivity contribution in [3.63, 3.8) is 0 Å². The van der Waals surface area contributed by atoms with Gasteiger partial charge in [-0.1, -0.05) is 19.8 Å². The van der Waals surface area contributed by atoms with Gasteiger partial charge in [-0.2, -0.15) is 0 Å². The highest BCUT2D eigenvalue weighted by molar-refractivity contribution is 5.06. The lowest BCUT2D eigenvalue weighted by Crippen LogP contribution is -1.90. The normalized spacial score (nSPS) is 13.3. The summed E-state index contributed by atoms with van der Waals surface area (Å²) in [5.41, 5.74) is 0. The van der Waals surface area contributed by atoms with Crippen molar-refractivity contribution in [2.24, 2.45) is 0 Å². The Morgan fingerprint density at radius 2 is 2.45 bits per heavy atom. The molecule has 1 aromatic rings. The summed E-state index contributed by atoms with van der Waals surface area (Å²) in [6.45, 7) is 6.21. The highest BCUT2D eigenvalue weighted by Crippen LogP contribution is 2.20. The van der Waals surface area contributed by atoms with Gasteiger partial charge in [0.15, 0.2) is 0 Å². The Bertz CT molecular complexity index is 177. The summed E-state index contributed by atoms with van der Waals surface area (Å²) in [5, 5.41) is 0. The molecule has 0 spiro atoms. The first-order valence-corrected chi connectivity index (χ1v) is 4.21. The van der Waals surface area contributed by atoms with E-state index in [1.165, 1.54) is 12.8 Å². The van der Waals surface area contributed by atoms with Crippen LogP contribution in [0.4, 0.5) is 0 Å². The third-order valence-corrected chi connectivity index (χ3v) is 1.85. The summed E-state index contributed by atoms with van der Waals surface area (Å²) in [6, 6.07) is 3.91. The average Bonchev–Trinajstić information content (AvgIpc) is 2.52. The monoisotopic (exact) mass is 151 g/mol. The number of hydrogen-bond donors (Lipinski definition) is 0. The SMILES string of the molecule is [CH2]C(CCCC)c1ccco1. The Morgan fingerprint density at radius 3 is 3.00 bits per heavy atom. The molecule has 0 saturated heterocycles. The second-order valence-electron chi connectivity index (χ2n) is 2.85. The number of rotatable bonds is 4. The van der Waals surface area contributed by atoms with E-state index in [0.29, 0.717) is 5.92 Å². The van der Waals surface area contributed by atoms with Crippen LogP contribution < -0.4 is 0 Å². The molecular weight excluding hydrogens is 136 g/mol. The Hall–Kier alpha value is -0.720. The second kappa shape index (κ2) is 4.22. The van der Waals surface area contributed by atoms with Crippen LogP contribution in [0.2, 0.25) is 0 Å². The standard InChI is InChI=1S/C10H15O/c1-3-4-6-9(2)10-7-5-8-11-10/h5,7-9H,2-4,6H2,1H3. The highest BCUT2D eigenvalue weighted by atomic mass is 16.3. The molecule has 0 fully saturated rings. The summed E-state index contributed by atoms with van der Waals surface area (Å²) in [5.74, 6) is 1.35. The van der Waals surface area contributed by atoms with E-state index in [4.69, 9.17) is 4.42 Å². The zero-order valence-corrected chi connectivity index (χ0v) is 7.05. The van der Waals surface area contributed by atoms with Gasteiger partial charge in [-0.3, -0.25) is 0 Å². The summed E-state index contributed by atoms with van der Waals surface area (Å²) >= 11 is 0. The molecule has 1 heteroatoms. The zero-order valence-electron chi connectivity index (χ0n) is 7.05. The van der Waals surface area contributed by atoms with Crippen LogP contribution in [0.1, 0.15) is 37.9 Å². The van der Waals surface area contributed by atoms with Gasteiger partial charge in [0, 0.05) is 5.92 Å². The van der Waals surface area contributed by atoms with Crippen LogP contribution in [0.3, 0.4) is 0 Å². The van der Waals surface area contributed by atoms with Crippen LogP contribution >= 0.6 is 0 Å².